The van der Waals surface area contributed by atoms with E-state index in [1.165, 1.54) is 18.2 Å². The molecular formula is C28H23Cl2N3O5. The number of fused-ring (bicyclic) bond motifs is 4. The van der Waals surface area contributed by atoms with Gasteiger partial charge < -0.3 is 10.1 Å². The Morgan fingerprint density at radius 3 is 2.68 bits per heavy atom. The van der Waals surface area contributed by atoms with Gasteiger partial charge in [0.2, 0.25) is 5.91 Å². The highest BCUT2D eigenvalue weighted by Gasteiger charge is 2.69. The Morgan fingerprint density at radius 2 is 1.95 bits per heavy atom. The number of non-ortho nitro benzene ring substituents is 1. The third kappa shape index (κ3) is 3.47. The van der Waals surface area contributed by atoms with Crippen molar-refractivity contribution in [1.82, 2.24) is 4.90 Å². The van der Waals surface area contributed by atoms with E-state index >= 15 is 0 Å². The number of carbonyl (C=O) groups excluding carboxylic acids is 2. The molecule has 1 amide bonds. The number of methoxy groups -OCH3 is 1. The fourth-order valence-electron chi connectivity index (χ4n) is 6.71. The number of carbonyl (C=O) groups is 2. The second kappa shape index (κ2) is 9.08. The molecule has 194 valence electrons. The van der Waals surface area contributed by atoms with E-state index in [0.29, 0.717) is 39.7 Å². The molecule has 3 aliphatic heterocycles. The highest BCUT2D eigenvalue weighted by molar-refractivity contribution is 6.42. The van der Waals surface area contributed by atoms with Crippen LogP contribution in [0.5, 0.6) is 5.75 Å². The number of rotatable bonds is 5. The molecule has 0 radical (unpaired) electrons. The summed E-state index contributed by atoms with van der Waals surface area (Å²) in [6.45, 7) is 0.602. The number of hydrogen-bond acceptors (Lipinski definition) is 6. The van der Waals surface area contributed by atoms with Gasteiger partial charge in [-0.1, -0.05) is 35.3 Å². The first kappa shape index (κ1) is 24.9. The van der Waals surface area contributed by atoms with Gasteiger partial charge in [0.15, 0.2) is 5.78 Å². The number of ketones is 1. The Bertz CT molecular complexity index is 1510. The van der Waals surface area contributed by atoms with Crippen LogP contribution in [-0.2, 0) is 10.3 Å². The summed E-state index contributed by atoms with van der Waals surface area (Å²) < 4.78 is 5.50. The first-order valence-corrected chi connectivity index (χ1v) is 13.0. The number of ether oxygens (including phenoxy) is 1. The van der Waals surface area contributed by atoms with Crippen molar-refractivity contribution in [2.45, 2.75) is 30.3 Å². The number of nitrogens with one attached hydrogen (secondary N) is 1. The molecular weight excluding hydrogens is 529 g/mol. The van der Waals surface area contributed by atoms with Crippen LogP contribution in [0.15, 0.2) is 60.7 Å². The molecule has 3 aromatic carbocycles. The van der Waals surface area contributed by atoms with Crippen molar-refractivity contribution in [2.75, 3.05) is 19.0 Å². The molecule has 1 N–H and O–H groups in total. The number of halogens is 2. The van der Waals surface area contributed by atoms with E-state index in [-0.39, 0.29) is 28.4 Å². The smallest absolute Gasteiger partial charge is 0.269 e. The van der Waals surface area contributed by atoms with Gasteiger partial charge in [0.25, 0.3) is 5.69 Å². The van der Waals surface area contributed by atoms with Crippen molar-refractivity contribution in [1.29, 1.82) is 0 Å². The molecule has 6 rings (SSSR count). The summed E-state index contributed by atoms with van der Waals surface area (Å²) in [4.78, 5) is 42.0. The first-order valence-electron chi connectivity index (χ1n) is 12.3. The van der Waals surface area contributed by atoms with Gasteiger partial charge in [0.05, 0.1) is 28.0 Å². The number of nitro groups is 1. The molecule has 2 fully saturated rings. The maximum Gasteiger partial charge on any atom is 0.269 e. The average Bonchev–Trinajstić information content (AvgIpc) is 3.58. The van der Waals surface area contributed by atoms with Crippen LogP contribution in [0.4, 0.5) is 11.4 Å². The van der Waals surface area contributed by atoms with E-state index in [1.54, 1.807) is 37.4 Å². The second-order valence-corrected chi connectivity index (χ2v) is 10.7. The van der Waals surface area contributed by atoms with Crippen molar-refractivity contribution < 1.29 is 19.2 Å². The van der Waals surface area contributed by atoms with Crippen LogP contribution < -0.4 is 10.1 Å². The molecule has 0 saturated carbocycles. The predicted molar refractivity (Wildman–Crippen MR) is 143 cm³/mol. The molecule has 10 heteroatoms. The minimum absolute atomic E-state index is 0.0633. The molecule has 3 aliphatic rings. The van der Waals surface area contributed by atoms with Gasteiger partial charge in [-0.25, -0.2) is 0 Å². The molecule has 3 unspecified atom stereocenters. The minimum atomic E-state index is -1.33. The quantitative estimate of drug-likeness (QED) is 0.243. The lowest BCUT2D eigenvalue weighted by Crippen LogP contribution is -2.52. The van der Waals surface area contributed by atoms with Crippen LogP contribution in [0.1, 0.15) is 40.2 Å². The highest BCUT2D eigenvalue weighted by Crippen LogP contribution is 2.61. The van der Waals surface area contributed by atoms with Crippen LogP contribution in [0.25, 0.3) is 0 Å². The zero-order valence-corrected chi connectivity index (χ0v) is 21.8. The van der Waals surface area contributed by atoms with Crippen LogP contribution in [0.2, 0.25) is 10.0 Å². The fraction of sp³-hybridized carbons (Fsp3) is 0.286. The molecule has 1 spiro atoms. The first-order chi connectivity index (χ1) is 18.3. The van der Waals surface area contributed by atoms with Gasteiger partial charge in [-0.05, 0) is 61.3 Å². The van der Waals surface area contributed by atoms with Crippen molar-refractivity contribution in [3.63, 3.8) is 0 Å². The Labute approximate surface area is 228 Å². The molecule has 8 nitrogen and oxygen atoms in total. The maximum atomic E-state index is 14.5. The summed E-state index contributed by atoms with van der Waals surface area (Å²) >= 11 is 12.4. The third-order valence-corrected chi connectivity index (χ3v) is 8.90. The van der Waals surface area contributed by atoms with E-state index in [0.717, 1.165) is 12.8 Å². The maximum absolute atomic E-state index is 14.5. The molecule has 0 aliphatic carbocycles. The lowest BCUT2D eigenvalue weighted by atomic mass is 9.68. The summed E-state index contributed by atoms with van der Waals surface area (Å²) in [5, 5.41) is 15.2. The Balaban J connectivity index is 1.63. The largest absolute Gasteiger partial charge is 0.497 e. The summed E-state index contributed by atoms with van der Waals surface area (Å²) in [5.41, 5.74) is 0.865. The number of Topliss-reactive ketones (excluding diaryl/α,β-unsaturated/α-hetero) is 1. The zero-order valence-electron chi connectivity index (χ0n) is 20.3. The van der Waals surface area contributed by atoms with Gasteiger partial charge in [-0.3, -0.25) is 24.6 Å². The van der Waals surface area contributed by atoms with E-state index in [4.69, 9.17) is 27.9 Å². The predicted octanol–water partition coefficient (Wildman–Crippen LogP) is 5.82. The van der Waals surface area contributed by atoms with E-state index in [9.17, 15) is 19.7 Å². The van der Waals surface area contributed by atoms with Crippen LogP contribution >= 0.6 is 23.2 Å². The number of benzene rings is 3. The lowest BCUT2D eigenvalue weighted by Gasteiger charge is -2.37. The topological polar surface area (TPSA) is 102 Å². The summed E-state index contributed by atoms with van der Waals surface area (Å²) in [6, 6.07) is 16.3. The number of anilines is 1. The van der Waals surface area contributed by atoms with Gasteiger partial charge in [-0.2, -0.15) is 0 Å². The number of hydrogen-bond donors (Lipinski definition) is 1. The molecule has 0 bridgehead atoms. The van der Waals surface area contributed by atoms with Crippen LogP contribution in [0.3, 0.4) is 0 Å². The zero-order chi connectivity index (χ0) is 26.8. The van der Waals surface area contributed by atoms with Crippen molar-refractivity contribution in [3.05, 3.63) is 97.5 Å². The standard InChI is InChI=1S/C28H23Cl2N3O5/c1-38-18-8-10-22-19(14-18)28(27(35)31-22)25(26(34)16-7-9-20(29)21(30)13-16)24(23-6-3-11-32(23)28)15-4-2-5-17(12-15)33(36)37/h2,4-5,7-10,12-14,23-25H,3,6,11H2,1H3,(H,31,35)/t23?,24?,25?,28-/m1/s1. The molecule has 0 aromatic heterocycles. The Kier molecular flexibility index (Phi) is 5.94. The summed E-state index contributed by atoms with van der Waals surface area (Å²) in [6.07, 6.45) is 1.57. The van der Waals surface area contributed by atoms with Gasteiger partial charge >= 0.3 is 0 Å². The number of amides is 1. The minimum Gasteiger partial charge on any atom is -0.497 e. The lowest BCUT2D eigenvalue weighted by molar-refractivity contribution is -0.384. The Hall–Kier alpha value is -3.46. The van der Waals surface area contributed by atoms with Crippen LogP contribution in [0, 0.1) is 16.0 Å². The van der Waals surface area contributed by atoms with Crippen molar-refractivity contribution in [3.8, 4) is 5.75 Å². The average molecular weight is 552 g/mol. The van der Waals surface area contributed by atoms with Gasteiger partial charge in [0.1, 0.15) is 11.3 Å². The van der Waals surface area contributed by atoms with E-state index < -0.39 is 22.3 Å². The summed E-state index contributed by atoms with van der Waals surface area (Å²) in [5.74, 6) is -1.38. The molecule has 4 atom stereocenters. The normalized spacial score (nSPS) is 25.8. The summed E-state index contributed by atoms with van der Waals surface area (Å²) in [7, 11) is 1.55. The third-order valence-electron chi connectivity index (χ3n) is 8.16. The SMILES string of the molecule is COc1ccc2c(c1)[C@]1(C(=O)N2)C(C(=O)c2ccc(Cl)c(Cl)c2)C(c2cccc([N+](=O)[O-])c2)C2CCCN21. The van der Waals surface area contributed by atoms with E-state index in [1.807, 2.05) is 12.1 Å². The Morgan fingerprint density at radius 1 is 1.13 bits per heavy atom. The molecule has 3 aromatic rings. The van der Waals surface area contributed by atoms with Gasteiger partial charge in [0, 0.05) is 40.9 Å². The second-order valence-electron chi connectivity index (χ2n) is 9.88. The number of nitrogens with zero attached hydrogens (tertiary/aromatic N) is 2. The fourth-order valence-corrected chi connectivity index (χ4v) is 7.01. The molecule has 38 heavy (non-hydrogen) atoms. The monoisotopic (exact) mass is 551 g/mol. The van der Waals surface area contributed by atoms with Crippen molar-refractivity contribution >= 4 is 46.3 Å². The molecule has 2 saturated heterocycles. The number of nitro benzene ring substituents is 1. The van der Waals surface area contributed by atoms with Crippen LogP contribution in [-0.4, -0.2) is 41.2 Å². The van der Waals surface area contributed by atoms with Gasteiger partial charge in [-0.15, -0.1) is 0 Å². The highest BCUT2D eigenvalue weighted by atomic mass is 35.5. The van der Waals surface area contributed by atoms with E-state index in [2.05, 4.69) is 10.2 Å². The molecule has 3 heterocycles. The van der Waals surface area contributed by atoms with Crippen molar-refractivity contribution in [2.24, 2.45) is 5.92 Å².